The van der Waals surface area contributed by atoms with Crippen LogP contribution in [0.3, 0.4) is 0 Å². The second-order valence-electron chi connectivity index (χ2n) is 3.77. The van der Waals surface area contributed by atoms with E-state index in [9.17, 15) is 12.8 Å². The molecule has 0 saturated carbocycles. The topological polar surface area (TPSA) is 59.1 Å². The summed E-state index contributed by atoms with van der Waals surface area (Å²) in [6.45, 7) is 0.0720. The molecule has 4 nitrogen and oxygen atoms in total. The van der Waals surface area contributed by atoms with Crippen molar-refractivity contribution in [3.8, 4) is 0 Å². The van der Waals surface area contributed by atoms with Gasteiger partial charge in [-0.1, -0.05) is 23.7 Å². The molecule has 0 unspecified atom stereocenters. The summed E-state index contributed by atoms with van der Waals surface area (Å²) in [6.07, 6.45) is 1.31. The Labute approximate surface area is 115 Å². The Kier molecular flexibility index (Phi) is 4.14. The number of rotatable bonds is 4. The third kappa shape index (κ3) is 3.73. The summed E-state index contributed by atoms with van der Waals surface area (Å²) in [5.41, 5.74) is 0.658. The molecule has 0 radical (unpaired) electrons. The van der Waals surface area contributed by atoms with Crippen LogP contribution in [0.5, 0.6) is 0 Å². The number of hydrogen-bond acceptors (Lipinski definition) is 3. The highest BCUT2D eigenvalue weighted by molar-refractivity contribution is 7.89. The van der Waals surface area contributed by atoms with E-state index < -0.39 is 10.0 Å². The van der Waals surface area contributed by atoms with Gasteiger partial charge in [0.1, 0.15) is 11.0 Å². The first kappa shape index (κ1) is 13.9. The zero-order chi connectivity index (χ0) is 13.9. The van der Waals surface area contributed by atoms with Crippen LogP contribution in [0.4, 0.5) is 4.39 Å². The summed E-state index contributed by atoms with van der Waals surface area (Å²) in [5, 5.41) is 0.102. The molecule has 100 valence electrons. The van der Waals surface area contributed by atoms with Gasteiger partial charge in [-0.2, -0.15) is 0 Å². The molecule has 1 aromatic heterocycles. The van der Waals surface area contributed by atoms with Gasteiger partial charge in [0.15, 0.2) is 0 Å². The number of benzene rings is 1. The van der Waals surface area contributed by atoms with Crippen molar-refractivity contribution in [2.24, 2.45) is 0 Å². The van der Waals surface area contributed by atoms with E-state index in [-0.39, 0.29) is 22.4 Å². The van der Waals surface area contributed by atoms with Crippen LogP contribution in [0.1, 0.15) is 5.56 Å². The third-order valence-corrected chi connectivity index (χ3v) is 3.99. The van der Waals surface area contributed by atoms with Crippen molar-refractivity contribution in [2.45, 2.75) is 11.4 Å². The predicted octanol–water partition coefficient (Wildman–Crippen LogP) is 2.35. The molecule has 0 spiro atoms. The van der Waals surface area contributed by atoms with E-state index in [1.165, 1.54) is 42.6 Å². The van der Waals surface area contributed by atoms with E-state index in [1.807, 2.05) is 0 Å². The smallest absolute Gasteiger partial charge is 0.241 e. The highest BCUT2D eigenvalue weighted by Crippen LogP contribution is 2.13. The van der Waals surface area contributed by atoms with Crippen molar-refractivity contribution in [3.05, 3.63) is 59.1 Å². The average molecular weight is 301 g/mol. The van der Waals surface area contributed by atoms with Crippen molar-refractivity contribution >= 4 is 21.6 Å². The summed E-state index contributed by atoms with van der Waals surface area (Å²) in [7, 11) is -3.66. The Hall–Kier alpha value is -1.50. The summed E-state index contributed by atoms with van der Waals surface area (Å²) in [4.78, 5) is 3.75. The molecule has 1 heterocycles. The van der Waals surface area contributed by atoms with Gasteiger partial charge < -0.3 is 0 Å². The van der Waals surface area contributed by atoms with Gasteiger partial charge in [-0.3, -0.25) is 0 Å². The van der Waals surface area contributed by atoms with Gasteiger partial charge in [0.25, 0.3) is 0 Å². The molecule has 1 aromatic carbocycles. The van der Waals surface area contributed by atoms with Gasteiger partial charge in [0.05, 0.1) is 4.90 Å². The fourth-order valence-electron chi connectivity index (χ4n) is 1.42. The van der Waals surface area contributed by atoms with E-state index in [2.05, 4.69) is 9.71 Å². The highest BCUT2D eigenvalue weighted by Gasteiger charge is 2.14. The largest absolute Gasteiger partial charge is 0.244 e. The van der Waals surface area contributed by atoms with Gasteiger partial charge in [0.2, 0.25) is 10.0 Å². The summed E-state index contributed by atoms with van der Waals surface area (Å²) in [6, 6.07) is 8.17. The van der Waals surface area contributed by atoms with Crippen LogP contribution in [-0.4, -0.2) is 13.4 Å². The lowest BCUT2D eigenvalue weighted by molar-refractivity contribution is 0.581. The predicted molar refractivity (Wildman–Crippen MR) is 69.7 cm³/mol. The minimum Gasteiger partial charge on any atom is -0.244 e. The lowest BCUT2D eigenvalue weighted by Crippen LogP contribution is -2.23. The van der Waals surface area contributed by atoms with E-state index in [0.717, 1.165) is 0 Å². The zero-order valence-electron chi connectivity index (χ0n) is 9.68. The fourth-order valence-corrected chi connectivity index (χ4v) is 2.68. The molecular formula is C12H10ClFN2O2S. The molecular weight excluding hydrogens is 291 g/mol. The molecule has 0 atom stereocenters. The van der Waals surface area contributed by atoms with Gasteiger partial charge in [-0.05, 0) is 29.8 Å². The fraction of sp³-hybridized carbons (Fsp3) is 0.0833. The first-order valence-corrected chi connectivity index (χ1v) is 7.19. The third-order valence-electron chi connectivity index (χ3n) is 2.39. The van der Waals surface area contributed by atoms with E-state index in [4.69, 9.17) is 11.6 Å². The Morgan fingerprint density at radius 2 is 1.89 bits per heavy atom. The Bertz CT molecular complexity index is 674. The lowest BCUT2D eigenvalue weighted by Gasteiger charge is -2.06. The van der Waals surface area contributed by atoms with Gasteiger partial charge in [0, 0.05) is 12.7 Å². The maximum atomic E-state index is 12.7. The number of nitrogens with one attached hydrogen (secondary N) is 1. The maximum Gasteiger partial charge on any atom is 0.241 e. The molecule has 0 aliphatic heterocycles. The van der Waals surface area contributed by atoms with Crippen molar-refractivity contribution in [1.82, 2.24) is 9.71 Å². The van der Waals surface area contributed by atoms with Crippen molar-refractivity contribution in [2.75, 3.05) is 0 Å². The molecule has 7 heteroatoms. The number of hydrogen-bond donors (Lipinski definition) is 1. The van der Waals surface area contributed by atoms with Gasteiger partial charge in [-0.15, -0.1) is 0 Å². The molecule has 0 amide bonds. The molecule has 0 saturated heterocycles. The summed E-state index contributed by atoms with van der Waals surface area (Å²) in [5.74, 6) is -0.368. The van der Waals surface area contributed by atoms with Crippen molar-refractivity contribution in [3.63, 3.8) is 0 Å². The maximum absolute atomic E-state index is 12.7. The number of aromatic nitrogens is 1. The number of halogens is 2. The average Bonchev–Trinajstić information content (AvgIpc) is 2.38. The van der Waals surface area contributed by atoms with Crippen LogP contribution < -0.4 is 4.72 Å². The minimum absolute atomic E-state index is 0.0367. The highest BCUT2D eigenvalue weighted by atomic mass is 35.5. The number of sulfonamides is 1. The molecule has 19 heavy (non-hydrogen) atoms. The van der Waals surface area contributed by atoms with Crippen molar-refractivity contribution < 1.29 is 12.8 Å². The summed E-state index contributed by atoms with van der Waals surface area (Å²) < 4.78 is 39.0. The molecule has 0 bridgehead atoms. The Morgan fingerprint density at radius 3 is 2.53 bits per heavy atom. The standard InChI is InChI=1S/C12H10ClFN2O2S/c13-12-7-11(5-6-15-12)19(17,18)16-8-9-1-3-10(14)4-2-9/h1-7,16H,8H2. The second kappa shape index (κ2) is 5.64. The number of pyridine rings is 1. The van der Waals surface area contributed by atoms with Crippen LogP contribution in [-0.2, 0) is 16.6 Å². The first-order valence-electron chi connectivity index (χ1n) is 5.33. The van der Waals surface area contributed by atoms with E-state index >= 15 is 0 Å². The van der Waals surface area contributed by atoms with Crippen LogP contribution in [0, 0.1) is 5.82 Å². The number of nitrogens with zero attached hydrogens (tertiary/aromatic N) is 1. The van der Waals surface area contributed by atoms with Gasteiger partial charge in [-0.25, -0.2) is 22.5 Å². The van der Waals surface area contributed by atoms with Crippen LogP contribution in [0.25, 0.3) is 0 Å². The van der Waals surface area contributed by atoms with E-state index in [1.54, 1.807) is 0 Å². The van der Waals surface area contributed by atoms with E-state index in [0.29, 0.717) is 5.56 Å². The Balaban J connectivity index is 2.12. The van der Waals surface area contributed by atoms with Crippen LogP contribution in [0.15, 0.2) is 47.5 Å². The molecule has 2 aromatic rings. The lowest BCUT2D eigenvalue weighted by atomic mass is 10.2. The molecule has 2 rings (SSSR count). The second-order valence-corrected chi connectivity index (χ2v) is 5.92. The van der Waals surface area contributed by atoms with Crippen LogP contribution in [0.2, 0.25) is 5.15 Å². The zero-order valence-corrected chi connectivity index (χ0v) is 11.2. The van der Waals surface area contributed by atoms with Crippen LogP contribution >= 0.6 is 11.6 Å². The molecule has 0 aliphatic rings. The minimum atomic E-state index is -3.66. The first-order chi connectivity index (χ1) is 8.97. The summed E-state index contributed by atoms with van der Waals surface area (Å²) >= 11 is 5.64. The quantitative estimate of drug-likeness (QED) is 0.882. The van der Waals surface area contributed by atoms with Gasteiger partial charge >= 0.3 is 0 Å². The Morgan fingerprint density at radius 1 is 1.21 bits per heavy atom. The van der Waals surface area contributed by atoms with Crippen molar-refractivity contribution in [1.29, 1.82) is 0 Å². The molecule has 0 fully saturated rings. The normalized spacial score (nSPS) is 11.5. The SMILES string of the molecule is O=S(=O)(NCc1ccc(F)cc1)c1ccnc(Cl)c1. The molecule has 1 N–H and O–H groups in total. The monoisotopic (exact) mass is 300 g/mol. The molecule has 0 aliphatic carbocycles.